The van der Waals surface area contributed by atoms with Crippen molar-refractivity contribution in [3.8, 4) is 11.3 Å². The van der Waals surface area contributed by atoms with Crippen LogP contribution in [0.4, 0.5) is 0 Å². The molecule has 0 radical (unpaired) electrons. The molecule has 2 aromatic rings. The van der Waals surface area contributed by atoms with Gasteiger partial charge in [-0.25, -0.2) is 4.98 Å². The molecule has 1 aromatic heterocycles. The van der Waals surface area contributed by atoms with Gasteiger partial charge in [-0.1, -0.05) is 29.8 Å². The maximum atomic E-state index is 12.4. The molecule has 4 nitrogen and oxygen atoms in total. The molecule has 0 bridgehead atoms. The van der Waals surface area contributed by atoms with Crippen LogP contribution < -0.4 is 0 Å². The Morgan fingerprint density at radius 3 is 2.43 bits per heavy atom. The highest BCUT2D eigenvalue weighted by Gasteiger charge is 2.21. The first-order valence-electron chi connectivity index (χ1n) is 7.65. The summed E-state index contributed by atoms with van der Waals surface area (Å²) in [6.45, 7) is 7.71. The summed E-state index contributed by atoms with van der Waals surface area (Å²) < 4.78 is 0. The van der Waals surface area contributed by atoms with Crippen molar-refractivity contribution in [1.82, 2.24) is 9.88 Å². The number of nitrogens with zero attached hydrogens (tertiary/aromatic N) is 2. The molecule has 5 heteroatoms. The lowest BCUT2D eigenvalue weighted by Crippen LogP contribution is -2.40. The average Bonchev–Trinajstić information content (AvgIpc) is 2.78. The number of rotatable bonds is 5. The molecule has 0 atom stereocenters. The number of amides is 1. The van der Waals surface area contributed by atoms with Crippen LogP contribution in [0.1, 0.15) is 29.3 Å². The fourth-order valence-electron chi connectivity index (χ4n) is 2.47. The Labute approximate surface area is 141 Å². The number of thiazole rings is 1. The molecular weight excluding hydrogens is 308 g/mol. The smallest absolute Gasteiger partial charge is 0.227 e. The van der Waals surface area contributed by atoms with Crippen molar-refractivity contribution in [2.45, 2.75) is 39.7 Å². The molecule has 0 saturated carbocycles. The first kappa shape index (κ1) is 17.6. The largest absolute Gasteiger partial charge is 0.389 e. The van der Waals surface area contributed by atoms with Gasteiger partial charge in [0.1, 0.15) is 0 Å². The Morgan fingerprint density at radius 2 is 1.87 bits per heavy atom. The van der Waals surface area contributed by atoms with Gasteiger partial charge in [0.15, 0.2) is 0 Å². The van der Waals surface area contributed by atoms with Crippen molar-refractivity contribution in [2.24, 2.45) is 0 Å². The van der Waals surface area contributed by atoms with Crippen molar-refractivity contribution in [1.29, 1.82) is 0 Å². The molecule has 0 saturated heterocycles. The number of benzene rings is 1. The second-order valence-electron chi connectivity index (χ2n) is 6.61. The van der Waals surface area contributed by atoms with Crippen LogP contribution in [0.5, 0.6) is 0 Å². The van der Waals surface area contributed by atoms with Gasteiger partial charge in [-0.2, -0.15) is 0 Å². The van der Waals surface area contributed by atoms with E-state index in [9.17, 15) is 9.90 Å². The van der Waals surface area contributed by atoms with E-state index in [2.05, 4.69) is 17.1 Å². The van der Waals surface area contributed by atoms with Crippen molar-refractivity contribution in [3.05, 3.63) is 39.7 Å². The predicted octanol–water partition coefficient (Wildman–Crippen LogP) is 3.20. The van der Waals surface area contributed by atoms with E-state index in [1.54, 1.807) is 37.1 Å². The number of carbonyl (C=O) groups is 1. The van der Waals surface area contributed by atoms with E-state index in [1.165, 1.54) is 5.56 Å². The second-order valence-corrected chi connectivity index (χ2v) is 7.90. The zero-order valence-corrected chi connectivity index (χ0v) is 15.2. The highest BCUT2D eigenvalue weighted by molar-refractivity contribution is 7.12. The van der Waals surface area contributed by atoms with E-state index < -0.39 is 5.60 Å². The minimum absolute atomic E-state index is 0.0101. The molecule has 0 spiro atoms. The number of aryl methyl sites for hydroxylation is 2. The van der Waals surface area contributed by atoms with Gasteiger partial charge in [0, 0.05) is 24.0 Å². The van der Waals surface area contributed by atoms with Crippen LogP contribution in [0.15, 0.2) is 24.3 Å². The summed E-state index contributed by atoms with van der Waals surface area (Å²) in [4.78, 5) is 19.6. The highest BCUT2D eigenvalue weighted by atomic mass is 32.1. The number of hydrogen-bond acceptors (Lipinski definition) is 4. The number of carbonyl (C=O) groups excluding carboxylic acids is 1. The highest BCUT2D eigenvalue weighted by Crippen LogP contribution is 2.29. The van der Waals surface area contributed by atoms with Gasteiger partial charge in [0.05, 0.1) is 22.7 Å². The average molecular weight is 332 g/mol. The van der Waals surface area contributed by atoms with Crippen LogP contribution in [0.25, 0.3) is 11.3 Å². The third-order valence-electron chi connectivity index (χ3n) is 3.49. The van der Waals surface area contributed by atoms with Crippen LogP contribution in [-0.4, -0.2) is 40.1 Å². The lowest BCUT2D eigenvalue weighted by atomic mass is 10.1. The molecule has 23 heavy (non-hydrogen) atoms. The quantitative estimate of drug-likeness (QED) is 0.915. The Balaban J connectivity index is 2.21. The first-order chi connectivity index (χ1) is 10.7. The van der Waals surface area contributed by atoms with Gasteiger partial charge < -0.3 is 10.0 Å². The first-order valence-corrected chi connectivity index (χ1v) is 8.47. The summed E-state index contributed by atoms with van der Waals surface area (Å²) in [5, 5.41) is 10.8. The van der Waals surface area contributed by atoms with E-state index in [0.717, 1.165) is 21.1 Å². The van der Waals surface area contributed by atoms with Gasteiger partial charge >= 0.3 is 0 Å². The third kappa shape index (κ3) is 4.88. The number of likely N-dealkylation sites (N-methyl/N-ethyl adjacent to an activating group) is 1. The van der Waals surface area contributed by atoms with E-state index >= 15 is 0 Å². The molecule has 1 N–H and O–H groups in total. The molecular formula is C18H24N2O2S. The Bertz CT molecular complexity index is 684. The Hall–Kier alpha value is -1.72. The third-order valence-corrected chi connectivity index (χ3v) is 4.46. The normalized spacial score (nSPS) is 11.6. The molecule has 124 valence electrons. The summed E-state index contributed by atoms with van der Waals surface area (Å²) in [6, 6.07) is 8.18. The van der Waals surface area contributed by atoms with E-state index in [-0.39, 0.29) is 5.91 Å². The molecule has 2 rings (SSSR count). The molecule has 0 aliphatic heterocycles. The van der Waals surface area contributed by atoms with Crippen molar-refractivity contribution in [3.63, 3.8) is 0 Å². The van der Waals surface area contributed by atoms with Crippen LogP contribution in [-0.2, 0) is 11.2 Å². The summed E-state index contributed by atoms with van der Waals surface area (Å²) in [5.74, 6) is -0.0101. The summed E-state index contributed by atoms with van der Waals surface area (Å²) in [5.41, 5.74) is 2.22. The molecule has 0 aliphatic rings. The number of hydrogen-bond donors (Lipinski definition) is 1. The minimum Gasteiger partial charge on any atom is -0.389 e. The van der Waals surface area contributed by atoms with E-state index in [0.29, 0.717) is 13.0 Å². The Morgan fingerprint density at radius 1 is 1.26 bits per heavy atom. The Kier molecular flexibility index (Phi) is 5.22. The van der Waals surface area contributed by atoms with Crippen LogP contribution >= 0.6 is 11.3 Å². The summed E-state index contributed by atoms with van der Waals surface area (Å²) in [7, 11) is 1.72. The standard InChI is InChI=1S/C18H24N2O2S/c1-12-6-8-14(9-7-12)17-15(23-13(2)19-17)10-16(21)20(5)11-18(3,4)22/h6-9,22H,10-11H2,1-5H3. The van der Waals surface area contributed by atoms with Gasteiger partial charge in [-0.15, -0.1) is 11.3 Å². The predicted molar refractivity (Wildman–Crippen MR) is 94.7 cm³/mol. The number of aliphatic hydroxyl groups is 1. The lowest BCUT2D eigenvalue weighted by Gasteiger charge is -2.25. The van der Waals surface area contributed by atoms with Crippen molar-refractivity contribution >= 4 is 17.2 Å². The van der Waals surface area contributed by atoms with Crippen LogP contribution in [0.3, 0.4) is 0 Å². The van der Waals surface area contributed by atoms with Crippen molar-refractivity contribution < 1.29 is 9.90 Å². The van der Waals surface area contributed by atoms with Gasteiger partial charge in [-0.05, 0) is 27.7 Å². The SMILES string of the molecule is Cc1ccc(-c2nc(C)sc2CC(=O)N(C)CC(C)(C)O)cc1. The van der Waals surface area contributed by atoms with Crippen LogP contribution in [0.2, 0.25) is 0 Å². The fourth-order valence-corrected chi connectivity index (χ4v) is 3.42. The minimum atomic E-state index is -0.895. The van der Waals surface area contributed by atoms with Gasteiger partial charge in [0.25, 0.3) is 0 Å². The molecule has 1 amide bonds. The van der Waals surface area contributed by atoms with E-state index in [1.807, 2.05) is 26.0 Å². The molecule has 0 unspecified atom stereocenters. The zero-order valence-electron chi connectivity index (χ0n) is 14.4. The monoisotopic (exact) mass is 332 g/mol. The fraction of sp³-hybridized carbons (Fsp3) is 0.444. The molecule has 1 aromatic carbocycles. The van der Waals surface area contributed by atoms with Gasteiger partial charge in [-0.3, -0.25) is 4.79 Å². The molecule has 1 heterocycles. The molecule has 0 aliphatic carbocycles. The van der Waals surface area contributed by atoms with Crippen molar-refractivity contribution in [2.75, 3.05) is 13.6 Å². The summed E-state index contributed by atoms with van der Waals surface area (Å²) >= 11 is 1.56. The topological polar surface area (TPSA) is 53.4 Å². The maximum Gasteiger partial charge on any atom is 0.227 e. The summed E-state index contributed by atoms with van der Waals surface area (Å²) in [6.07, 6.45) is 0.307. The van der Waals surface area contributed by atoms with Gasteiger partial charge in [0.2, 0.25) is 5.91 Å². The van der Waals surface area contributed by atoms with E-state index in [4.69, 9.17) is 0 Å². The maximum absolute atomic E-state index is 12.4. The zero-order chi connectivity index (χ0) is 17.2. The molecule has 0 fully saturated rings. The second kappa shape index (κ2) is 6.81. The van der Waals surface area contributed by atoms with Crippen LogP contribution in [0, 0.1) is 13.8 Å². The lowest BCUT2D eigenvalue weighted by molar-refractivity contribution is -0.131. The number of aromatic nitrogens is 1.